The second-order valence-corrected chi connectivity index (χ2v) is 27.7. The zero-order valence-corrected chi connectivity index (χ0v) is 65.0. The van der Waals surface area contributed by atoms with Crippen LogP contribution in [0, 0.1) is 6.92 Å². The van der Waals surface area contributed by atoms with Gasteiger partial charge in [0, 0.05) is 125 Å². The van der Waals surface area contributed by atoms with Crippen LogP contribution >= 0.6 is 0 Å². The Kier molecular flexibility index (Phi) is 24.2. The number of imidazole rings is 3. The quantitative estimate of drug-likeness (QED) is 0.0419. The Labute approximate surface area is 655 Å². The largest absolute Gasteiger partial charge is 0.497 e. The zero-order chi connectivity index (χ0) is 80.3. The molecule has 0 saturated carbocycles. The number of pyridine rings is 6. The van der Waals surface area contributed by atoms with Gasteiger partial charge in [0.2, 0.25) is 17.8 Å². The van der Waals surface area contributed by atoms with E-state index in [0.717, 1.165) is 112 Å². The maximum absolute atomic E-state index is 13.5. The molecule has 2 saturated heterocycles. The average Bonchev–Trinajstić information content (AvgIpc) is 1.73. The number of aryl methyl sites for hydroxylation is 3. The van der Waals surface area contributed by atoms with Crippen LogP contribution in [0.3, 0.4) is 0 Å². The fourth-order valence-electron chi connectivity index (χ4n) is 13.6. The standard InChI is InChI=1S/C30H30N6O3.C27H29N7O4.C27H30N6O4/c1-5-31-30(38)35-29-33-26-16-22(15-24(28(26)34-29)25-11-6-7-12-32-25)21-13-18(2)36(27(37)17-21)19(3)20-9-8-10-23(14-20)39-4;1-4-38-27(37)31-26-29-22-14-19(17-7-8-33(3)23(35)15-17)13-20(24(22)30-26)21-6-5-18(16-28-21)25(36)34-11-9-32(2)10-12-34;1-4-36-27(35)31-26-29-23-14-18(17-7-12-33(3)24(34)15-17)13-21(25(23)30-26)22-6-5-20(16-28-22)37-19-8-10-32(2)11-9-19/h6-17,19H,5H2,1-4H3,(H3,31,33,34,35,38);5-8,13-16H,4,9-12H2,1-3H3,(H2,29,30,31,37);5-7,12-16,19H,4,8-11H2,1-3H3,(H2,29,30,31,35). The summed E-state index contributed by atoms with van der Waals surface area (Å²) in [4.78, 5) is 130. The molecule has 1 unspecified atom stereocenters. The third-order valence-electron chi connectivity index (χ3n) is 19.8. The molecule has 0 radical (unpaired) electrons. The number of piperazine rings is 1. The molecule has 0 bridgehead atoms. The van der Waals surface area contributed by atoms with E-state index in [1.54, 1.807) is 101 Å². The number of nitrogens with zero attached hydrogens (tertiary/aromatic N) is 12. The van der Waals surface area contributed by atoms with E-state index < -0.39 is 12.2 Å². The number of rotatable bonds is 18. The molecule has 1 atom stereocenters. The first-order valence-electron chi connectivity index (χ1n) is 37.5. The summed E-state index contributed by atoms with van der Waals surface area (Å²) in [5.41, 5.74) is 14.9. The van der Waals surface area contributed by atoms with Crippen molar-refractivity contribution in [2.24, 2.45) is 14.1 Å². The number of likely N-dealkylation sites (tertiary alicyclic amines) is 1. The van der Waals surface area contributed by atoms with E-state index in [0.29, 0.717) is 81.2 Å². The number of benzene rings is 4. The van der Waals surface area contributed by atoms with E-state index in [9.17, 15) is 33.6 Å². The minimum atomic E-state index is -0.621. The van der Waals surface area contributed by atoms with Crippen LogP contribution in [0.5, 0.6) is 11.5 Å². The van der Waals surface area contributed by atoms with E-state index in [4.69, 9.17) is 18.9 Å². The molecule has 15 rings (SSSR count). The SMILES string of the molecule is CCNC(=O)Nc1nc2c(-c3ccccn3)cc(-c3cc(C)n(C(C)c4cccc(OC)c4)c(=O)c3)cc2[nH]1.CCOC(=O)Nc1nc2c(-c3ccc(C(=O)N4CCN(C)CC4)cn3)cc(-c3ccn(C)c(=O)c3)cc2[nH]1.CCOC(=O)Nc1nc2c(-c3ccc(OC4CCN(C)CC4)cn3)cc(-c3ccn(C)c(=O)c3)cc2[nH]1. The number of methoxy groups -OCH3 is 1. The third kappa shape index (κ3) is 18.4. The smallest absolute Gasteiger partial charge is 0.413 e. The second kappa shape index (κ2) is 35.2. The van der Waals surface area contributed by atoms with E-state index in [2.05, 4.69) is 83.0 Å². The predicted molar refractivity (Wildman–Crippen MR) is 439 cm³/mol. The van der Waals surface area contributed by atoms with Crippen molar-refractivity contribution in [1.29, 1.82) is 0 Å². The molecule has 7 N–H and O–H groups in total. The number of aromatic amines is 3. The summed E-state index contributed by atoms with van der Waals surface area (Å²) in [6.45, 7) is 15.3. The van der Waals surface area contributed by atoms with Crippen LogP contribution in [-0.4, -0.2) is 184 Å². The molecular formula is C84H89N19O11. The van der Waals surface area contributed by atoms with Crippen LogP contribution in [-0.2, 0) is 23.6 Å². The summed E-state index contributed by atoms with van der Waals surface area (Å²) < 4.78 is 26.3. The molecule has 114 heavy (non-hydrogen) atoms. The molecule has 2 fully saturated rings. The summed E-state index contributed by atoms with van der Waals surface area (Å²) in [5.74, 6) is 2.24. The number of amides is 5. The van der Waals surface area contributed by atoms with Gasteiger partial charge in [0.05, 0.1) is 88.3 Å². The molecular weight excluding hydrogens is 1450 g/mol. The van der Waals surface area contributed by atoms with Crippen molar-refractivity contribution in [3.05, 3.63) is 218 Å². The Morgan fingerprint density at radius 2 is 1.03 bits per heavy atom. The van der Waals surface area contributed by atoms with Gasteiger partial charge in [-0.05, 0) is 204 Å². The van der Waals surface area contributed by atoms with Crippen LogP contribution in [0.25, 0.3) is 100 Å². The lowest BCUT2D eigenvalue weighted by atomic mass is 9.99. The number of likely N-dealkylation sites (N-methyl/N-ethyl adjacent to an activating group) is 1. The molecule has 4 aromatic carbocycles. The summed E-state index contributed by atoms with van der Waals surface area (Å²) in [6, 6.07) is 42.3. The number of aromatic nitrogens is 12. The highest BCUT2D eigenvalue weighted by atomic mass is 16.6. The van der Waals surface area contributed by atoms with Crippen LogP contribution in [0.1, 0.15) is 68.2 Å². The van der Waals surface area contributed by atoms with Gasteiger partial charge in [-0.3, -0.25) is 50.1 Å². The van der Waals surface area contributed by atoms with Gasteiger partial charge in [0.15, 0.2) is 0 Å². The van der Waals surface area contributed by atoms with E-state index >= 15 is 0 Å². The zero-order valence-electron chi connectivity index (χ0n) is 65.0. The number of fused-ring (bicyclic) bond motifs is 3. The Bertz CT molecular complexity index is 5860. The molecule has 30 heteroatoms. The fraction of sp³-hybridized carbons (Fsp3) is 0.274. The fourth-order valence-corrected chi connectivity index (χ4v) is 13.6. The normalized spacial score (nSPS) is 13.4. The molecule has 0 aliphatic carbocycles. The van der Waals surface area contributed by atoms with Crippen LogP contribution in [0.2, 0.25) is 0 Å². The molecule has 5 amide bonds. The average molecular weight is 1540 g/mol. The van der Waals surface area contributed by atoms with Crippen molar-refractivity contribution in [2.45, 2.75) is 59.6 Å². The predicted octanol–water partition coefficient (Wildman–Crippen LogP) is 12.5. The Balaban J connectivity index is 0.000000149. The maximum Gasteiger partial charge on any atom is 0.413 e. The number of urea groups is 1. The molecule has 9 aromatic heterocycles. The maximum atomic E-state index is 13.5. The number of nitrogens with one attached hydrogen (secondary N) is 7. The topological polar surface area (TPSA) is 354 Å². The van der Waals surface area contributed by atoms with Gasteiger partial charge >= 0.3 is 18.2 Å². The van der Waals surface area contributed by atoms with Gasteiger partial charge in [-0.15, -0.1) is 0 Å². The van der Waals surface area contributed by atoms with E-state index in [1.165, 1.54) is 9.13 Å². The van der Waals surface area contributed by atoms with Crippen molar-refractivity contribution >= 4 is 75.1 Å². The van der Waals surface area contributed by atoms with Gasteiger partial charge in [0.25, 0.3) is 22.6 Å². The second-order valence-electron chi connectivity index (χ2n) is 27.7. The highest BCUT2D eigenvalue weighted by Gasteiger charge is 2.25. The number of piperidine rings is 1. The molecule has 2 aliphatic heterocycles. The van der Waals surface area contributed by atoms with Crippen molar-refractivity contribution in [2.75, 3.05) is 96.2 Å². The molecule has 2 aliphatic rings. The highest BCUT2D eigenvalue weighted by Crippen LogP contribution is 2.38. The Hall–Kier alpha value is -13.6. The highest BCUT2D eigenvalue weighted by molar-refractivity contribution is 6.01. The summed E-state index contributed by atoms with van der Waals surface area (Å²) in [6.07, 6.45) is 9.42. The van der Waals surface area contributed by atoms with E-state index in [-0.39, 0.29) is 65.9 Å². The number of carbonyl (C=O) groups excluding carboxylic acids is 4. The third-order valence-corrected chi connectivity index (χ3v) is 19.8. The minimum Gasteiger partial charge on any atom is -0.497 e. The first-order valence-corrected chi connectivity index (χ1v) is 37.5. The molecule has 586 valence electrons. The van der Waals surface area contributed by atoms with Crippen LogP contribution < -0.4 is 47.4 Å². The first-order chi connectivity index (χ1) is 55.1. The number of ether oxygens (including phenoxy) is 4. The van der Waals surface area contributed by atoms with Crippen LogP contribution in [0.15, 0.2) is 185 Å². The summed E-state index contributed by atoms with van der Waals surface area (Å²) in [7, 11) is 9.20. The molecule has 13 aromatic rings. The number of H-pyrrole nitrogens is 3. The first kappa shape index (κ1) is 78.5. The lowest BCUT2D eigenvalue weighted by Gasteiger charge is -2.32. The van der Waals surface area contributed by atoms with Crippen molar-refractivity contribution < 1.29 is 38.1 Å². The lowest BCUT2D eigenvalue weighted by Crippen LogP contribution is -2.47. The molecule has 30 nitrogen and oxygen atoms in total. The summed E-state index contributed by atoms with van der Waals surface area (Å²) >= 11 is 0. The minimum absolute atomic E-state index is 0.0446. The molecule has 0 spiro atoms. The Morgan fingerprint density at radius 3 is 1.51 bits per heavy atom. The number of anilines is 3. The van der Waals surface area contributed by atoms with E-state index in [1.807, 2.05) is 142 Å². The Morgan fingerprint density at radius 1 is 0.518 bits per heavy atom. The van der Waals surface area contributed by atoms with Crippen LogP contribution in [0.4, 0.5) is 32.2 Å². The van der Waals surface area contributed by atoms with Gasteiger partial charge < -0.3 is 67.6 Å². The van der Waals surface area contributed by atoms with Gasteiger partial charge in [-0.2, -0.15) is 0 Å². The number of hydrogen-bond acceptors (Lipinski definition) is 19. The monoisotopic (exact) mass is 1540 g/mol. The van der Waals surface area contributed by atoms with Crippen molar-refractivity contribution in [1.82, 2.24) is 78.6 Å². The van der Waals surface area contributed by atoms with Crippen molar-refractivity contribution in [3.8, 4) is 78.7 Å². The number of hydrogen-bond donors (Lipinski definition) is 7. The lowest BCUT2D eigenvalue weighted by molar-refractivity contribution is 0.0663. The van der Waals surface area contributed by atoms with Gasteiger partial charge in [-0.1, -0.05) is 18.2 Å². The summed E-state index contributed by atoms with van der Waals surface area (Å²) in [5, 5.41) is 10.6. The number of carbonyl (C=O) groups is 4. The van der Waals surface area contributed by atoms with Gasteiger partial charge in [0.1, 0.15) is 17.6 Å². The van der Waals surface area contributed by atoms with Gasteiger partial charge in [-0.25, -0.2) is 29.3 Å². The van der Waals surface area contributed by atoms with Crippen molar-refractivity contribution in [3.63, 3.8) is 0 Å². The molecule has 11 heterocycles.